The van der Waals surface area contributed by atoms with E-state index in [1.165, 1.54) is 7.11 Å². The molecule has 1 saturated carbocycles. The third-order valence-corrected chi connectivity index (χ3v) is 3.12. The van der Waals surface area contributed by atoms with Gasteiger partial charge in [-0.25, -0.2) is 0 Å². The molecule has 0 aliphatic heterocycles. The summed E-state index contributed by atoms with van der Waals surface area (Å²) in [5.41, 5.74) is 5.18. The number of carbonyl (C=O) groups excluding carboxylic acids is 1. The molecular formula is C12H23NO4. The molecule has 1 aliphatic rings. The molecule has 0 aromatic heterocycles. The van der Waals surface area contributed by atoms with Crippen LogP contribution in [0.2, 0.25) is 0 Å². The Kier molecular flexibility index (Phi) is 5.88. The maximum absolute atomic E-state index is 11.6. The molecule has 5 nitrogen and oxygen atoms in total. The van der Waals surface area contributed by atoms with Gasteiger partial charge < -0.3 is 19.9 Å². The van der Waals surface area contributed by atoms with Crippen LogP contribution in [0, 0.1) is 0 Å². The van der Waals surface area contributed by atoms with Gasteiger partial charge in [0.15, 0.2) is 0 Å². The quantitative estimate of drug-likeness (QED) is 0.555. The van der Waals surface area contributed by atoms with E-state index < -0.39 is 5.54 Å². The van der Waals surface area contributed by atoms with Crippen LogP contribution in [-0.4, -0.2) is 44.5 Å². The van der Waals surface area contributed by atoms with Crippen molar-refractivity contribution in [3.8, 4) is 0 Å². The minimum absolute atomic E-state index is 0.0355. The topological polar surface area (TPSA) is 70.8 Å². The van der Waals surface area contributed by atoms with E-state index in [9.17, 15) is 4.79 Å². The SMILES string of the molecule is CCOCCOC1CCCC(N)(C(=O)OC)C1. The van der Waals surface area contributed by atoms with E-state index in [1.54, 1.807) is 0 Å². The van der Waals surface area contributed by atoms with E-state index in [-0.39, 0.29) is 12.1 Å². The second kappa shape index (κ2) is 6.93. The maximum Gasteiger partial charge on any atom is 0.325 e. The fourth-order valence-electron chi connectivity index (χ4n) is 2.20. The van der Waals surface area contributed by atoms with Crippen LogP contribution in [0.1, 0.15) is 32.6 Å². The van der Waals surface area contributed by atoms with Gasteiger partial charge in [-0.3, -0.25) is 4.79 Å². The zero-order valence-corrected chi connectivity index (χ0v) is 10.7. The number of hydrogen-bond acceptors (Lipinski definition) is 5. The summed E-state index contributed by atoms with van der Waals surface area (Å²) in [7, 11) is 1.37. The first-order valence-corrected chi connectivity index (χ1v) is 6.19. The Bertz CT molecular complexity index is 247. The van der Waals surface area contributed by atoms with Crippen molar-refractivity contribution in [2.75, 3.05) is 26.9 Å². The van der Waals surface area contributed by atoms with Gasteiger partial charge in [-0.2, -0.15) is 0 Å². The molecule has 1 rings (SSSR count). The molecule has 2 N–H and O–H groups in total. The Balaban J connectivity index is 2.35. The highest BCUT2D eigenvalue weighted by Crippen LogP contribution is 2.29. The Labute approximate surface area is 103 Å². The normalized spacial score (nSPS) is 29.0. The van der Waals surface area contributed by atoms with Crippen LogP contribution in [0.5, 0.6) is 0 Å². The van der Waals surface area contributed by atoms with E-state index in [1.807, 2.05) is 6.92 Å². The Morgan fingerprint density at radius 3 is 2.88 bits per heavy atom. The molecule has 0 amide bonds. The zero-order chi connectivity index (χ0) is 12.7. The summed E-state index contributed by atoms with van der Waals surface area (Å²) in [5.74, 6) is -0.337. The first-order valence-electron chi connectivity index (χ1n) is 6.19. The highest BCUT2D eigenvalue weighted by atomic mass is 16.5. The van der Waals surface area contributed by atoms with Crippen LogP contribution in [0.25, 0.3) is 0 Å². The number of hydrogen-bond donors (Lipinski definition) is 1. The third-order valence-electron chi connectivity index (χ3n) is 3.12. The van der Waals surface area contributed by atoms with Crippen LogP contribution >= 0.6 is 0 Å². The molecule has 5 heteroatoms. The van der Waals surface area contributed by atoms with Crippen LogP contribution in [0.4, 0.5) is 0 Å². The lowest BCUT2D eigenvalue weighted by molar-refractivity contribution is -0.150. The van der Waals surface area contributed by atoms with Gasteiger partial charge in [0.25, 0.3) is 0 Å². The van der Waals surface area contributed by atoms with Gasteiger partial charge in [-0.1, -0.05) is 0 Å². The molecule has 0 spiro atoms. The molecule has 1 fully saturated rings. The molecule has 0 saturated heterocycles. The summed E-state index contributed by atoms with van der Waals surface area (Å²) in [4.78, 5) is 11.6. The van der Waals surface area contributed by atoms with Crippen molar-refractivity contribution in [2.24, 2.45) is 5.73 Å². The number of rotatable bonds is 6. The molecular weight excluding hydrogens is 222 g/mol. The van der Waals surface area contributed by atoms with Gasteiger partial charge in [0.2, 0.25) is 0 Å². The van der Waals surface area contributed by atoms with Crippen molar-refractivity contribution in [2.45, 2.75) is 44.2 Å². The van der Waals surface area contributed by atoms with Crippen molar-refractivity contribution >= 4 is 5.97 Å². The number of methoxy groups -OCH3 is 1. The van der Waals surface area contributed by atoms with E-state index in [4.69, 9.17) is 19.9 Å². The first-order chi connectivity index (χ1) is 8.12. The minimum Gasteiger partial charge on any atom is -0.468 e. The first kappa shape index (κ1) is 14.4. The minimum atomic E-state index is -0.872. The van der Waals surface area contributed by atoms with E-state index >= 15 is 0 Å². The van der Waals surface area contributed by atoms with Crippen molar-refractivity contribution in [3.05, 3.63) is 0 Å². The highest BCUT2D eigenvalue weighted by molar-refractivity contribution is 5.80. The molecule has 0 aromatic carbocycles. The molecule has 2 unspecified atom stereocenters. The van der Waals surface area contributed by atoms with Crippen molar-refractivity contribution in [1.82, 2.24) is 0 Å². The number of nitrogens with two attached hydrogens (primary N) is 1. The predicted molar refractivity (Wildman–Crippen MR) is 63.6 cm³/mol. The van der Waals surface area contributed by atoms with Crippen LogP contribution in [0.3, 0.4) is 0 Å². The van der Waals surface area contributed by atoms with Crippen molar-refractivity contribution < 1.29 is 19.0 Å². The average Bonchev–Trinajstić information content (AvgIpc) is 2.34. The largest absolute Gasteiger partial charge is 0.468 e. The molecule has 1 aliphatic carbocycles. The fraction of sp³-hybridized carbons (Fsp3) is 0.917. The second-order valence-corrected chi connectivity index (χ2v) is 4.43. The maximum atomic E-state index is 11.6. The lowest BCUT2D eigenvalue weighted by atomic mass is 9.81. The Morgan fingerprint density at radius 2 is 2.24 bits per heavy atom. The predicted octanol–water partition coefficient (Wildman–Crippen LogP) is 0.853. The average molecular weight is 245 g/mol. The smallest absolute Gasteiger partial charge is 0.325 e. The summed E-state index contributed by atoms with van der Waals surface area (Å²) < 4.78 is 15.6. The third kappa shape index (κ3) is 4.26. The van der Waals surface area contributed by atoms with Gasteiger partial charge in [0.1, 0.15) is 5.54 Å². The lowest BCUT2D eigenvalue weighted by Crippen LogP contribution is -2.53. The van der Waals surface area contributed by atoms with E-state index in [2.05, 4.69) is 0 Å². The summed E-state index contributed by atoms with van der Waals surface area (Å²) >= 11 is 0. The molecule has 0 bridgehead atoms. The lowest BCUT2D eigenvalue weighted by Gasteiger charge is -2.35. The van der Waals surface area contributed by atoms with Crippen LogP contribution in [-0.2, 0) is 19.0 Å². The summed E-state index contributed by atoms with van der Waals surface area (Å²) in [5, 5.41) is 0. The summed E-state index contributed by atoms with van der Waals surface area (Å²) in [6, 6.07) is 0. The molecule has 2 atom stereocenters. The standard InChI is InChI=1S/C12H23NO4/c1-3-16-7-8-17-10-5-4-6-12(13,9-10)11(14)15-2/h10H,3-9,13H2,1-2H3. The monoisotopic (exact) mass is 245 g/mol. The molecule has 100 valence electrons. The van der Waals surface area contributed by atoms with Crippen molar-refractivity contribution in [3.63, 3.8) is 0 Å². The molecule has 17 heavy (non-hydrogen) atoms. The second-order valence-electron chi connectivity index (χ2n) is 4.43. The van der Waals surface area contributed by atoms with E-state index in [0.29, 0.717) is 32.7 Å². The number of carbonyl (C=O) groups is 1. The van der Waals surface area contributed by atoms with Gasteiger partial charge >= 0.3 is 5.97 Å². The van der Waals surface area contributed by atoms with Crippen LogP contribution in [0.15, 0.2) is 0 Å². The zero-order valence-electron chi connectivity index (χ0n) is 10.7. The highest BCUT2D eigenvalue weighted by Gasteiger charge is 2.40. The van der Waals surface area contributed by atoms with Crippen LogP contribution < -0.4 is 5.73 Å². The number of esters is 1. The molecule has 0 heterocycles. The van der Waals surface area contributed by atoms with Gasteiger partial charge in [-0.15, -0.1) is 0 Å². The van der Waals surface area contributed by atoms with Crippen molar-refractivity contribution in [1.29, 1.82) is 0 Å². The Hall–Kier alpha value is -0.650. The fourth-order valence-corrected chi connectivity index (χ4v) is 2.20. The van der Waals surface area contributed by atoms with E-state index in [0.717, 1.165) is 12.8 Å². The van der Waals surface area contributed by atoms with Gasteiger partial charge in [0.05, 0.1) is 26.4 Å². The number of ether oxygens (including phenoxy) is 3. The Morgan fingerprint density at radius 1 is 1.47 bits per heavy atom. The van der Waals surface area contributed by atoms with Gasteiger partial charge in [0, 0.05) is 13.0 Å². The summed E-state index contributed by atoms with van der Waals surface area (Å²) in [6.07, 6.45) is 3.08. The molecule has 0 radical (unpaired) electrons. The summed E-state index contributed by atoms with van der Waals surface area (Å²) in [6.45, 7) is 3.78. The van der Waals surface area contributed by atoms with Gasteiger partial charge in [-0.05, 0) is 26.2 Å². The molecule has 0 aromatic rings.